The largest absolute Gasteiger partial charge is 0.350 e. The van der Waals surface area contributed by atoms with Crippen molar-refractivity contribution in [3.8, 4) is 0 Å². The van der Waals surface area contributed by atoms with Crippen LogP contribution < -0.4 is 5.32 Å². The second-order valence-electron chi connectivity index (χ2n) is 7.57. The third-order valence-electron chi connectivity index (χ3n) is 5.97. The van der Waals surface area contributed by atoms with Crippen LogP contribution in [0.15, 0.2) is 12.4 Å². The van der Waals surface area contributed by atoms with Crippen LogP contribution in [0.5, 0.6) is 0 Å². The minimum Gasteiger partial charge on any atom is -0.350 e. The Kier molecular flexibility index (Phi) is 5.20. The summed E-state index contributed by atoms with van der Waals surface area (Å²) in [6.07, 6.45) is 13.1. The number of rotatable bonds is 4. The minimum absolute atomic E-state index is 0.0544. The van der Waals surface area contributed by atoms with E-state index in [0.717, 1.165) is 32.4 Å². The van der Waals surface area contributed by atoms with E-state index in [0.29, 0.717) is 23.8 Å². The van der Waals surface area contributed by atoms with Crippen molar-refractivity contribution in [2.24, 2.45) is 0 Å². The fourth-order valence-electron chi connectivity index (χ4n) is 4.46. The molecule has 0 radical (unpaired) electrons. The molecule has 1 N–H and O–H groups in total. The van der Waals surface area contributed by atoms with Gasteiger partial charge in [0.1, 0.15) is 5.56 Å². The number of fused-ring (bicyclic) bond motifs is 3. The molecule has 0 unspecified atom stereocenters. The van der Waals surface area contributed by atoms with Crippen molar-refractivity contribution in [2.75, 3.05) is 19.6 Å². The van der Waals surface area contributed by atoms with Crippen molar-refractivity contribution < 1.29 is 4.79 Å². The van der Waals surface area contributed by atoms with Gasteiger partial charge >= 0.3 is 0 Å². The van der Waals surface area contributed by atoms with Gasteiger partial charge < -0.3 is 5.32 Å². The molecule has 4 rings (SSSR count). The lowest BCUT2D eigenvalue weighted by molar-refractivity contribution is 0.0943. The first-order valence-electron chi connectivity index (χ1n) is 10.1. The van der Waals surface area contributed by atoms with Gasteiger partial charge in [-0.25, -0.2) is 9.50 Å². The SMILES string of the molecule is CCN1CCC[C@H]1CNC(=O)c1cnn2c3c(cnc12)CCCCCC3. The topological polar surface area (TPSA) is 62.5 Å². The molecule has 140 valence electrons. The molecule has 2 aliphatic rings. The molecule has 1 amide bonds. The Bertz CT molecular complexity index is 784. The Morgan fingerprint density at radius 2 is 2.04 bits per heavy atom. The number of aryl methyl sites for hydroxylation is 2. The van der Waals surface area contributed by atoms with Gasteiger partial charge in [0.25, 0.3) is 5.91 Å². The van der Waals surface area contributed by atoms with E-state index >= 15 is 0 Å². The Balaban J connectivity index is 1.53. The van der Waals surface area contributed by atoms with Crippen molar-refractivity contribution in [3.05, 3.63) is 29.2 Å². The van der Waals surface area contributed by atoms with E-state index in [9.17, 15) is 4.79 Å². The standard InChI is InChI=1S/C20H29N5O/c1-2-24-11-7-9-16(24)13-22-20(26)17-14-23-25-18-10-6-4-3-5-8-15(18)12-21-19(17)25/h12,14,16H,2-11,13H2,1H3,(H,22,26)/t16-/m0/s1. The molecule has 26 heavy (non-hydrogen) atoms. The maximum absolute atomic E-state index is 12.7. The first-order chi connectivity index (χ1) is 12.8. The molecular formula is C20H29N5O. The maximum atomic E-state index is 12.7. The normalized spacial score (nSPS) is 21.3. The smallest absolute Gasteiger partial charge is 0.256 e. The Morgan fingerprint density at radius 3 is 2.88 bits per heavy atom. The van der Waals surface area contributed by atoms with Crippen LogP contribution >= 0.6 is 0 Å². The highest BCUT2D eigenvalue weighted by atomic mass is 16.1. The Hall–Kier alpha value is -1.95. The molecule has 0 spiro atoms. The maximum Gasteiger partial charge on any atom is 0.256 e. The predicted molar refractivity (Wildman–Crippen MR) is 101 cm³/mol. The molecule has 1 atom stereocenters. The molecule has 1 aliphatic carbocycles. The van der Waals surface area contributed by atoms with Crippen molar-refractivity contribution in [2.45, 2.75) is 64.3 Å². The van der Waals surface area contributed by atoms with E-state index in [1.165, 1.54) is 43.4 Å². The van der Waals surface area contributed by atoms with Crippen molar-refractivity contribution in [3.63, 3.8) is 0 Å². The molecule has 6 nitrogen and oxygen atoms in total. The summed E-state index contributed by atoms with van der Waals surface area (Å²) in [5.74, 6) is -0.0544. The van der Waals surface area contributed by atoms with Gasteiger partial charge in [0.2, 0.25) is 0 Å². The molecule has 3 heterocycles. The zero-order valence-corrected chi connectivity index (χ0v) is 15.7. The van der Waals surface area contributed by atoms with Crippen LogP contribution in [0.4, 0.5) is 0 Å². The molecule has 1 saturated heterocycles. The number of nitrogens with zero attached hydrogens (tertiary/aromatic N) is 4. The summed E-state index contributed by atoms with van der Waals surface area (Å²) in [4.78, 5) is 19.8. The van der Waals surface area contributed by atoms with Crippen LogP contribution in [0.1, 0.15) is 67.1 Å². The summed E-state index contributed by atoms with van der Waals surface area (Å²) in [5.41, 5.74) is 3.81. The highest BCUT2D eigenvalue weighted by Gasteiger charge is 2.24. The number of carbonyl (C=O) groups excluding carboxylic acids is 1. The molecule has 6 heteroatoms. The van der Waals surface area contributed by atoms with Crippen molar-refractivity contribution in [1.29, 1.82) is 0 Å². The summed E-state index contributed by atoms with van der Waals surface area (Å²) in [6.45, 7) is 5.07. The zero-order valence-electron chi connectivity index (χ0n) is 15.7. The number of amides is 1. The first kappa shape index (κ1) is 17.5. The lowest BCUT2D eigenvalue weighted by Gasteiger charge is -2.22. The van der Waals surface area contributed by atoms with Gasteiger partial charge in [-0.05, 0) is 57.2 Å². The third kappa shape index (κ3) is 3.34. The van der Waals surface area contributed by atoms with E-state index in [1.807, 2.05) is 10.7 Å². The molecule has 1 fully saturated rings. The van der Waals surface area contributed by atoms with E-state index in [2.05, 4.69) is 27.2 Å². The Morgan fingerprint density at radius 1 is 1.19 bits per heavy atom. The lowest BCUT2D eigenvalue weighted by atomic mass is 9.98. The third-order valence-corrected chi connectivity index (χ3v) is 5.97. The average Bonchev–Trinajstić information content (AvgIpc) is 3.26. The summed E-state index contributed by atoms with van der Waals surface area (Å²) in [7, 11) is 0. The number of aromatic nitrogens is 3. The molecule has 0 bridgehead atoms. The van der Waals surface area contributed by atoms with Gasteiger partial charge in [-0.3, -0.25) is 9.69 Å². The van der Waals surface area contributed by atoms with Crippen LogP contribution in [-0.2, 0) is 12.8 Å². The fourth-order valence-corrected chi connectivity index (χ4v) is 4.46. The van der Waals surface area contributed by atoms with E-state index in [1.54, 1.807) is 6.20 Å². The van der Waals surface area contributed by atoms with Crippen LogP contribution in [0.2, 0.25) is 0 Å². The zero-order chi connectivity index (χ0) is 17.9. The molecule has 2 aromatic heterocycles. The molecular weight excluding hydrogens is 326 g/mol. The fraction of sp³-hybridized carbons (Fsp3) is 0.650. The Labute approximate surface area is 155 Å². The van der Waals surface area contributed by atoms with Gasteiger partial charge in [0.05, 0.1) is 6.20 Å². The van der Waals surface area contributed by atoms with Gasteiger partial charge in [-0.1, -0.05) is 19.8 Å². The number of likely N-dealkylation sites (N-methyl/N-ethyl adjacent to an activating group) is 1. The number of hydrogen-bond donors (Lipinski definition) is 1. The number of nitrogens with one attached hydrogen (secondary N) is 1. The number of carbonyl (C=O) groups is 1. The van der Waals surface area contributed by atoms with Gasteiger partial charge in [0.15, 0.2) is 5.65 Å². The molecule has 0 aromatic carbocycles. The molecule has 0 saturated carbocycles. The van der Waals surface area contributed by atoms with Gasteiger partial charge in [0, 0.05) is 24.5 Å². The van der Waals surface area contributed by atoms with Gasteiger partial charge in [-0.15, -0.1) is 0 Å². The van der Waals surface area contributed by atoms with Crippen LogP contribution in [0.3, 0.4) is 0 Å². The highest BCUT2D eigenvalue weighted by Crippen LogP contribution is 2.22. The minimum atomic E-state index is -0.0544. The summed E-state index contributed by atoms with van der Waals surface area (Å²) in [5, 5.41) is 7.63. The second kappa shape index (κ2) is 7.74. The quantitative estimate of drug-likeness (QED) is 0.916. The summed E-state index contributed by atoms with van der Waals surface area (Å²) >= 11 is 0. The second-order valence-corrected chi connectivity index (χ2v) is 7.57. The number of hydrogen-bond acceptors (Lipinski definition) is 4. The summed E-state index contributed by atoms with van der Waals surface area (Å²) in [6, 6.07) is 0.457. The van der Waals surface area contributed by atoms with Crippen LogP contribution in [0, 0.1) is 0 Å². The highest BCUT2D eigenvalue weighted by molar-refractivity contribution is 5.99. The number of likely N-dealkylation sites (tertiary alicyclic amines) is 1. The lowest BCUT2D eigenvalue weighted by Crippen LogP contribution is -2.40. The van der Waals surface area contributed by atoms with E-state index in [-0.39, 0.29) is 5.91 Å². The van der Waals surface area contributed by atoms with Crippen molar-refractivity contribution >= 4 is 11.6 Å². The van der Waals surface area contributed by atoms with E-state index in [4.69, 9.17) is 0 Å². The van der Waals surface area contributed by atoms with Gasteiger partial charge in [-0.2, -0.15) is 5.10 Å². The first-order valence-corrected chi connectivity index (χ1v) is 10.1. The predicted octanol–water partition coefficient (Wildman–Crippen LogP) is 2.60. The molecule has 1 aliphatic heterocycles. The van der Waals surface area contributed by atoms with E-state index < -0.39 is 0 Å². The average molecular weight is 355 g/mol. The van der Waals surface area contributed by atoms with Crippen molar-refractivity contribution in [1.82, 2.24) is 24.8 Å². The van der Waals surface area contributed by atoms with Crippen LogP contribution in [-0.4, -0.2) is 51.1 Å². The van der Waals surface area contributed by atoms with Crippen LogP contribution in [0.25, 0.3) is 5.65 Å². The summed E-state index contributed by atoms with van der Waals surface area (Å²) < 4.78 is 1.91. The molecule has 2 aromatic rings. The monoisotopic (exact) mass is 355 g/mol.